The van der Waals surface area contributed by atoms with Gasteiger partial charge in [-0.2, -0.15) is 13.2 Å². The fraction of sp³-hybridized carbons (Fsp3) is 0.750. The Hall–Kier alpha value is -1.61. The number of rotatable bonds is 4. The highest BCUT2D eigenvalue weighted by molar-refractivity contribution is 5.86. The van der Waals surface area contributed by atoms with Crippen molar-refractivity contribution in [2.24, 2.45) is 0 Å². The number of carbonyl (C=O) groups is 2. The van der Waals surface area contributed by atoms with E-state index in [9.17, 15) is 31.5 Å². The zero-order chi connectivity index (χ0) is 14.7. The number of hydrogen-bond acceptors (Lipinski definition) is 2. The standard InChI is InChI=1S/C8H11F5N2O3/c1-7(5(16)17,8(11,12)13)14-6(18)15(2)3-4(9)10/h4H,3H2,1-2H3,(H,14,18)(H,16,17). The van der Waals surface area contributed by atoms with Gasteiger partial charge in [-0.3, -0.25) is 0 Å². The molecular formula is C8H11F5N2O3. The second kappa shape index (κ2) is 5.36. The van der Waals surface area contributed by atoms with Crippen LogP contribution in [0.1, 0.15) is 6.92 Å². The molecule has 0 fully saturated rings. The van der Waals surface area contributed by atoms with Gasteiger partial charge in [0.1, 0.15) is 0 Å². The molecule has 0 heterocycles. The molecule has 0 aromatic heterocycles. The third-order valence-corrected chi connectivity index (χ3v) is 2.11. The molecule has 0 saturated carbocycles. The predicted molar refractivity (Wildman–Crippen MR) is 49.3 cm³/mol. The second-order valence-electron chi connectivity index (χ2n) is 3.63. The topological polar surface area (TPSA) is 69.6 Å². The van der Waals surface area contributed by atoms with Gasteiger partial charge in [-0.1, -0.05) is 0 Å². The van der Waals surface area contributed by atoms with Crippen LogP contribution in [0.3, 0.4) is 0 Å². The number of alkyl halides is 5. The molecule has 106 valence electrons. The average molecular weight is 278 g/mol. The van der Waals surface area contributed by atoms with Gasteiger partial charge in [0.05, 0.1) is 6.54 Å². The number of urea groups is 1. The Morgan fingerprint density at radius 1 is 1.33 bits per heavy atom. The van der Waals surface area contributed by atoms with Crippen molar-refractivity contribution in [3.63, 3.8) is 0 Å². The maximum Gasteiger partial charge on any atom is 0.422 e. The van der Waals surface area contributed by atoms with E-state index >= 15 is 0 Å². The lowest BCUT2D eigenvalue weighted by atomic mass is 10.0. The Labute approximate surface area is 98.5 Å². The van der Waals surface area contributed by atoms with Crippen LogP contribution in [0.4, 0.5) is 26.7 Å². The van der Waals surface area contributed by atoms with Crippen LogP contribution in [0.2, 0.25) is 0 Å². The number of aliphatic carboxylic acids is 1. The van der Waals surface area contributed by atoms with Crippen LogP contribution < -0.4 is 5.32 Å². The lowest BCUT2D eigenvalue weighted by Gasteiger charge is -2.30. The summed E-state index contributed by atoms with van der Waals surface area (Å²) in [5.41, 5.74) is -3.54. The smallest absolute Gasteiger partial charge is 0.422 e. The minimum Gasteiger partial charge on any atom is -0.479 e. The van der Waals surface area contributed by atoms with E-state index in [1.165, 1.54) is 5.32 Å². The molecule has 0 saturated heterocycles. The summed E-state index contributed by atoms with van der Waals surface area (Å²) < 4.78 is 61.3. The van der Waals surface area contributed by atoms with Crippen LogP contribution in [0.25, 0.3) is 0 Å². The minimum atomic E-state index is -5.26. The summed E-state index contributed by atoms with van der Waals surface area (Å²) in [6, 6.07) is -1.56. The molecule has 0 radical (unpaired) electrons. The molecule has 0 aliphatic heterocycles. The van der Waals surface area contributed by atoms with Crippen LogP contribution >= 0.6 is 0 Å². The largest absolute Gasteiger partial charge is 0.479 e. The first-order valence-electron chi connectivity index (χ1n) is 4.53. The van der Waals surface area contributed by atoms with Crippen LogP contribution in [0, 0.1) is 0 Å². The van der Waals surface area contributed by atoms with Crippen molar-refractivity contribution in [3.05, 3.63) is 0 Å². The van der Waals surface area contributed by atoms with E-state index in [0.717, 1.165) is 7.05 Å². The summed E-state index contributed by atoms with van der Waals surface area (Å²) >= 11 is 0. The third-order valence-electron chi connectivity index (χ3n) is 2.11. The van der Waals surface area contributed by atoms with E-state index in [2.05, 4.69) is 0 Å². The fourth-order valence-corrected chi connectivity index (χ4v) is 0.845. The predicted octanol–water partition coefficient (Wildman–Crippen LogP) is 1.30. The van der Waals surface area contributed by atoms with E-state index in [4.69, 9.17) is 5.11 Å². The molecule has 1 unspecified atom stereocenters. The van der Waals surface area contributed by atoms with E-state index in [1.807, 2.05) is 0 Å². The Morgan fingerprint density at radius 2 is 1.78 bits per heavy atom. The summed E-state index contributed by atoms with van der Waals surface area (Å²) in [5.74, 6) is -2.34. The molecule has 0 spiro atoms. The van der Waals surface area contributed by atoms with Crippen molar-refractivity contribution in [2.75, 3.05) is 13.6 Å². The van der Waals surface area contributed by atoms with Crippen molar-refractivity contribution in [1.82, 2.24) is 10.2 Å². The highest BCUT2D eigenvalue weighted by Gasteiger charge is 2.58. The Kier molecular flexibility index (Phi) is 4.88. The highest BCUT2D eigenvalue weighted by atomic mass is 19.4. The SMILES string of the molecule is CN(CC(F)F)C(=O)NC(C)(C(=O)O)C(F)(F)F. The van der Waals surface area contributed by atoms with Gasteiger partial charge < -0.3 is 15.3 Å². The lowest BCUT2D eigenvalue weighted by molar-refractivity contribution is -0.203. The Morgan fingerprint density at radius 3 is 2.06 bits per heavy atom. The van der Waals surface area contributed by atoms with Gasteiger partial charge in [0, 0.05) is 7.05 Å². The molecule has 0 aliphatic carbocycles. The summed E-state index contributed by atoms with van der Waals surface area (Å²) in [5, 5.41) is 9.65. The van der Waals surface area contributed by atoms with E-state index in [0.29, 0.717) is 0 Å². The molecule has 0 bridgehead atoms. The zero-order valence-corrected chi connectivity index (χ0v) is 9.39. The van der Waals surface area contributed by atoms with Crippen molar-refractivity contribution in [1.29, 1.82) is 0 Å². The Balaban J connectivity index is 4.93. The van der Waals surface area contributed by atoms with Crippen LogP contribution in [0.5, 0.6) is 0 Å². The summed E-state index contributed by atoms with van der Waals surface area (Å²) in [6.07, 6.45) is -8.21. The van der Waals surface area contributed by atoms with Crippen molar-refractivity contribution >= 4 is 12.0 Å². The normalized spacial score (nSPS) is 15.1. The maximum atomic E-state index is 12.5. The van der Waals surface area contributed by atoms with Crippen molar-refractivity contribution in [3.8, 4) is 0 Å². The van der Waals surface area contributed by atoms with Gasteiger partial charge in [-0.05, 0) is 6.92 Å². The van der Waals surface area contributed by atoms with Gasteiger partial charge >= 0.3 is 18.2 Å². The molecule has 10 heteroatoms. The number of nitrogens with one attached hydrogen (secondary N) is 1. The molecule has 2 N–H and O–H groups in total. The number of halogens is 5. The molecule has 1 atom stereocenters. The monoisotopic (exact) mass is 278 g/mol. The zero-order valence-electron chi connectivity index (χ0n) is 9.39. The van der Waals surface area contributed by atoms with E-state index in [1.54, 1.807) is 0 Å². The fourth-order valence-electron chi connectivity index (χ4n) is 0.845. The Bertz CT molecular complexity index is 333. The molecule has 2 amide bonds. The lowest BCUT2D eigenvalue weighted by Crippen LogP contribution is -2.63. The van der Waals surface area contributed by atoms with Crippen LogP contribution in [-0.4, -0.2) is 53.7 Å². The van der Waals surface area contributed by atoms with E-state index in [-0.39, 0.29) is 11.8 Å². The highest BCUT2D eigenvalue weighted by Crippen LogP contribution is 2.30. The first kappa shape index (κ1) is 16.4. The minimum absolute atomic E-state index is 0.226. The summed E-state index contributed by atoms with van der Waals surface area (Å²) in [6.45, 7) is -0.886. The van der Waals surface area contributed by atoms with Crippen LogP contribution in [0.15, 0.2) is 0 Å². The molecule has 0 aromatic rings. The van der Waals surface area contributed by atoms with Gasteiger partial charge in [-0.25, -0.2) is 18.4 Å². The van der Waals surface area contributed by atoms with Gasteiger partial charge in [0.15, 0.2) is 0 Å². The summed E-state index contributed by atoms with van der Waals surface area (Å²) in [7, 11) is 0.820. The molecule has 0 aliphatic rings. The maximum absolute atomic E-state index is 12.5. The van der Waals surface area contributed by atoms with Gasteiger partial charge in [0.2, 0.25) is 5.54 Å². The average Bonchev–Trinajstić information content (AvgIpc) is 2.13. The third kappa shape index (κ3) is 3.70. The summed E-state index contributed by atoms with van der Waals surface area (Å²) in [4.78, 5) is 22.0. The number of nitrogens with zero attached hydrogens (tertiary/aromatic N) is 1. The molecule has 0 aromatic carbocycles. The molecular weight excluding hydrogens is 267 g/mol. The number of carbonyl (C=O) groups excluding carboxylic acids is 1. The second-order valence-corrected chi connectivity index (χ2v) is 3.63. The van der Waals surface area contributed by atoms with Crippen molar-refractivity contribution < 1.29 is 36.6 Å². The van der Waals surface area contributed by atoms with Crippen LogP contribution in [-0.2, 0) is 4.79 Å². The first-order chi connectivity index (χ1) is 7.91. The molecule has 5 nitrogen and oxygen atoms in total. The van der Waals surface area contributed by atoms with Gasteiger partial charge in [0.25, 0.3) is 6.43 Å². The number of amides is 2. The van der Waals surface area contributed by atoms with Crippen molar-refractivity contribution in [2.45, 2.75) is 25.1 Å². The quantitative estimate of drug-likeness (QED) is 0.761. The first-order valence-corrected chi connectivity index (χ1v) is 4.53. The van der Waals surface area contributed by atoms with E-state index < -0.39 is 36.7 Å². The van der Waals surface area contributed by atoms with Gasteiger partial charge in [-0.15, -0.1) is 0 Å². The molecule has 18 heavy (non-hydrogen) atoms. The number of hydrogen-bond donors (Lipinski definition) is 2. The molecule has 0 rings (SSSR count). The number of carboxylic acids is 1. The number of carboxylic acid groups (broad SMARTS) is 1.